The van der Waals surface area contributed by atoms with Gasteiger partial charge >= 0.3 is 6.18 Å². The van der Waals surface area contributed by atoms with Crippen LogP contribution in [-0.4, -0.2) is 24.8 Å². The molecular formula is C27H25F4N3OS. The second kappa shape index (κ2) is 10.4. The van der Waals surface area contributed by atoms with Crippen molar-refractivity contribution in [1.29, 1.82) is 0 Å². The lowest BCUT2D eigenvalue weighted by Crippen LogP contribution is -2.44. The lowest BCUT2D eigenvalue weighted by atomic mass is 9.93. The topological polar surface area (TPSA) is 49.0 Å². The molecule has 9 heteroatoms. The van der Waals surface area contributed by atoms with Crippen molar-refractivity contribution in [2.75, 3.05) is 0 Å². The Balaban J connectivity index is 1.60. The quantitative estimate of drug-likeness (QED) is 0.290. The van der Waals surface area contributed by atoms with Gasteiger partial charge in [0.05, 0.1) is 22.7 Å². The molecule has 4 nitrogen and oxygen atoms in total. The monoisotopic (exact) mass is 515 g/mol. The van der Waals surface area contributed by atoms with E-state index in [-0.39, 0.29) is 22.8 Å². The van der Waals surface area contributed by atoms with Crippen LogP contribution in [0.4, 0.5) is 17.6 Å². The van der Waals surface area contributed by atoms with Gasteiger partial charge in [-0.2, -0.15) is 18.3 Å². The molecule has 3 atom stereocenters. The number of H-pyrrole nitrogens is 1. The van der Waals surface area contributed by atoms with Crippen LogP contribution < -0.4 is 0 Å². The van der Waals surface area contributed by atoms with Crippen molar-refractivity contribution >= 4 is 16.6 Å². The van der Waals surface area contributed by atoms with E-state index < -0.39 is 22.7 Å². The van der Waals surface area contributed by atoms with E-state index in [1.165, 1.54) is 24.3 Å². The van der Waals surface area contributed by atoms with Gasteiger partial charge in [-0.1, -0.05) is 36.9 Å². The first-order valence-corrected chi connectivity index (χ1v) is 12.4. The minimum atomic E-state index is -4.47. The van der Waals surface area contributed by atoms with Crippen LogP contribution in [0.1, 0.15) is 42.3 Å². The Bertz CT molecular complexity index is 1320. The summed E-state index contributed by atoms with van der Waals surface area (Å²) in [5.74, 6) is -0.304. The third kappa shape index (κ3) is 5.42. The fraction of sp³-hybridized carbons (Fsp3) is 0.222. The van der Waals surface area contributed by atoms with Crippen LogP contribution >= 0.6 is 0 Å². The molecule has 0 amide bonds. The maximum absolute atomic E-state index is 13.6. The Hall–Kier alpha value is -3.30. The molecule has 0 radical (unpaired) electrons. The van der Waals surface area contributed by atoms with Gasteiger partial charge < -0.3 is 0 Å². The fourth-order valence-corrected chi connectivity index (χ4v) is 5.66. The number of allylic oxidation sites excluding steroid dienone is 3. The van der Waals surface area contributed by atoms with Gasteiger partial charge in [0.1, 0.15) is 16.8 Å². The predicted octanol–water partition coefficient (Wildman–Crippen LogP) is 6.79. The molecule has 1 N–H and O–H groups in total. The third-order valence-corrected chi connectivity index (χ3v) is 7.88. The minimum absolute atomic E-state index is 0.274. The van der Waals surface area contributed by atoms with Crippen LogP contribution in [0.3, 0.4) is 0 Å². The Labute approximate surface area is 209 Å². The molecule has 4 rings (SSSR count). The molecule has 188 valence electrons. The molecule has 36 heavy (non-hydrogen) atoms. The Kier molecular flexibility index (Phi) is 7.42. The van der Waals surface area contributed by atoms with Gasteiger partial charge in [0.25, 0.3) is 0 Å². The van der Waals surface area contributed by atoms with Gasteiger partial charge in [-0.15, -0.1) is 0 Å². The Morgan fingerprint density at radius 2 is 1.83 bits per heavy atom. The second-order valence-corrected chi connectivity index (χ2v) is 10.0. The standard InChI is InChI=1S/C27H25F4N3OS/c1-17(20-7-11-22(28)12-8-20)5-4-6-18(2)26-15-25-24(16-32-33-25)19(3)34(26)36(35)23-13-9-21(10-14-23)27(29,30)31/h4-14,16,19,26H,2,15H2,1,3H3,(H,32,33)/b6-4-,17-5+. The van der Waals surface area contributed by atoms with Gasteiger partial charge in [-0.3, -0.25) is 5.10 Å². The van der Waals surface area contributed by atoms with E-state index in [9.17, 15) is 21.8 Å². The summed E-state index contributed by atoms with van der Waals surface area (Å²) >= 11 is 0. The minimum Gasteiger partial charge on any atom is -0.282 e. The first-order chi connectivity index (χ1) is 17.1. The Morgan fingerprint density at radius 3 is 2.47 bits per heavy atom. The molecule has 0 bridgehead atoms. The fourth-order valence-electron chi connectivity index (χ4n) is 4.21. The number of hydrogen-bond acceptors (Lipinski definition) is 2. The molecule has 0 saturated heterocycles. The van der Waals surface area contributed by atoms with Gasteiger partial charge in [0.2, 0.25) is 0 Å². The summed E-state index contributed by atoms with van der Waals surface area (Å²) in [6.07, 6.45) is 3.21. The second-order valence-electron chi connectivity index (χ2n) is 8.62. The van der Waals surface area contributed by atoms with Crippen molar-refractivity contribution in [1.82, 2.24) is 14.5 Å². The van der Waals surface area contributed by atoms with Crippen molar-refractivity contribution in [2.45, 2.75) is 43.4 Å². The number of benzene rings is 2. The van der Waals surface area contributed by atoms with Crippen molar-refractivity contribution in [2.24, 2.45) is 0 Å². The number of hydrogen-bond donors (Lipinski definition) is 1. The number of rotatable bonds is 6. The van der Waals surface area contributed by atoms with E-state index in [4.69, 9.17) is 0 Å². The van der Waals surface area contributed by atoms with E-state index in [1.54, 1.807) is 22.6 Å². The van der Waals surface area contributed by atoms with Gasteiger partial charge in [0, 0.05) is 23.7 Å². The van der Waals surface area contributed by atoms with Crippen LogP contribution in [0, 0.1) is 5.82 Å². The van der Waals surface area contributed by atoms with Crippen LogP contribution in [0.5, 0.6) is 0 Å². The van der Waals surface area contributed by atoms with Crippen molar-refractivity contribution in [3.8, 4) is 0 Å². The van der Waals surface area contributed by atoms with Crippen molar-refractivity contribution in [3.05, 3.63) is 113 Å². The summed E-state index contributed by atoms with van der Waals surface area (Å²) in [5, 5.41) is 7.11. The maximum Gasteiger partial charge on any atom is 0.416 e. The van der Waals surface area contributed by atoms with Crippen LogP contribution in [0.2, 0.25) is 0 Å². The molecule has 1 aliphatic heterocycles. The van der Waals surface area contributed by atoms with E-state index in [0.717, 1.165) is 34.5 Å². The number of nitrogens with one attached hydrogen (secondary N) is 1. The number of aromatic nitrogens is 2. The number of nitrogens with zero attached hydrogens (tertiary/aromatic N) is 2. The number of halogens is 4. The highest BCUT2D eigenvalue weighted by atomic mass is 32.2. The number of fused-ring (bicyclic) bond motifs is 1. The lowest BCUT2D eigenvalue weighted by molar-refractivity contribution is -0.137. The van der Waals surface area contributed by atoms with Crippen LogP contribution in [0.25, 0.3) is 5.57 Å². The molecule has 0 aliphatic carbocycles. The first-order valence-electron chi connectivity index (χ1n) is 11.3. The Morgan fingerprint density at radius 1 is 1.17 bits per heavy atom. The maximum atomic E-state index is 13.6. The van der Waals surface area contributed by atoms with E-state index >= 15 is 0 Å². The first kappa shape index (κ1) is 25.8. The summed E-state index contributed by atoms with van der Waals surface area (Å²) in [6.45, 7) is 7.99. The van der Waals surface area contributed by atoms with Gasteiger partial charge in [-0.05, 0) is 67.0 Å². The number of alkyl halides is 3. The highest BCUT2D eigenvalue weighted by Gasteiger charge is 2.38. The molecule has 0 saturated carbocycles. The molecule has 3 aromatic rings. The molecule has 1 aromatic heterocycles. The smallest absolute Gasteiger partial charge is 0.282 e. The van der Waals surface area contributed by atoms with E-state index in [1.807, 2.05) is 32.1 Å². The average Bonchev–Trinajstić information content (AvgIpc) is 3.32. The molecular weight excluding hydrogens is 490 g/mol. The van der Waals surface area contributed by atoms with Crippen LogP contribution in [0.15, 0.2) is 90.0 Å². The third-order valence-electron chi connectivity index (χ3n) is 6.25. The summed E-state index contributed by atoms with van der Waals surface area (Å²) in [6, 6.07) is 9.87. The largest absolute Gasteiger partial charge is 0.416 e. The molecule has 2 aromatic carbocycles. The SMILES string of the molecule is C=C(/C=C\C=C(/C)c1ccc(F)cc1)C1Cc2[nH]ncc2C(C)N1S(=O)c1ccc(C(F)(F)F)cc1. The van der Waals surface area contributed by atoms with Crippen molar-refractivity contribution < 1.29 is 21.8 Å². The zero-order valence-corrected chi connectivity index (χ0v) is 20.5. The zero-order chi connectivity index (χ0) is 26.0. The highest BCUT2D eigenvalue weighted by Crippen LogP contribution is 2.38. The van der Waals surface area contributed by atoms with E-state index in [0.29, 0.717) is 12.0 Å². The summed E-state index contributed by atoms with van der Waals surface area (Å²) in [5.41, 5.74) is 3.49. The zero-order valence-electron chi connectivity index (χ0n) is 19.7. The average molecular weight is 516 g/mol. The highest BCUT2D eigenvalue weighted by molar-refractivity contribution is 7.82. The summed E-state index contributed by atoms with van der Waals surface area (Å²) < 4.78 is 67.6. The molecule has 2 heterocycles. The molecule has 3 unspecified atom stereocenters. The normalized spacial score (nSPS) is 19.9. The lowest BCUT2D eigenvalue weighted by Gasteiger charge is -2.39. The summed E-state index contributed by atoms with van der Waals surface area (Å²) in [4.78, 5) is 0.274. The number of aromatic amines is 1. The predicted molar refractivity (Wildman–Crippen MR) is 133 cm³/mol. The molecule has 0 spiro atoms. The van der Waals surface area contributed by atoms with Crippen LogP contribution in [-0.2, 0) is 23.6 Å². The van der Waals surface area contributed by atoms with E-state index in [2.05, 4.69) is 16.8 Å². The van der Waals surface area contributed by atoms with Gasteiger partial charge in [0.15, 0.2) is 0 Å². The van der Waals surface area contributed by atoms with Crippen molar-refractivity contribution in [3.63, 3.8) is 0 Å². The molecule has 1 aliphatic rings. The van der Waals surface area contributed by atoms with Gasteiger partial charge in [-0.25, -0.2) is 12.9 Å². The summed E-state index contributed by atoms with van der Waals surface area (Å²) in [7, 11) is -1.74. The molecule has 0 fully saturated rings.